The second kappa shape index (κ2) is 8.26. The van der Waals surface area contributed by atoms with Gasteiger partial charge in [-0.25, -0.2) is 9.89 Å². The Morgan fingerprint density at radius 2 is 2.12 bits per heavy atom. The molecule has 0 amide bonds. The highest BCUT2D eigenvalue weighted by molar-refractivity contribution is 6.30. The van der Waals surface area contributed by atoms with E-state index in [1.165, 1.54) is 0 Å². The summed E-state index contributed by atoms with van der Waals surface area (Å²) in [6.07, 6.45) is 1.61. The smallest absolute Gasteiger partial charge is 0.363 e. The van der Waals surface area contributed by atoms with E-state index in [0.717, 1.165) is 11.1 Å². The number of hydrogen-bond acceptors (Lipinski definition) is 6. The number of hydrazone groups is 1. The molecule has 2 N–H and O–H groups in total. The van der Waals surface area contributed by atoms with Crippen molar-refractivity contribution in [3.63, 3.8) is 0 Å². The lowest BCUT2D eigenvalue weighted by Gasteiger charge is -2.07. The Hall–Kier alpha value is -3.19. The van der Waals surface area contributed by atoms with Crippen LogP contribution in [0.5, 0.6) is 5.75 Å². The second-order valence-electron chi connectivity index (χ2n) is 5.44. The molecule has 7 nitrogen and oxygen atoms in total. The van der Waals surface area contributed by atoms with Gasteiger partial charge in [0.15, 0.2) is 5.82 Å². The highest BCUT2D eigenvalue weighted by atomic mass is 35.5. The minimum absolute atomic E-state index is 0.304. The first kappa shape index (κ1) is 17.6. The van der Waals surface area contributed by atoms with Gasteiger partial charge in [0.2, 0.25) is 0 Å². The van der Waals surface area contributed by atoms with E-state index in [1.54, 1.807) is 13.1 Å². The average molecular weight is 370 g/mol. The molecule has 8 heteroatoms. The molecule has 0 spiro atoms. The highest BCUT2D eigenvalue weighted by Crippen LogP contribution is 2.16. The monoisotopic (exact) mass is 369 g/mol. The summed E-state index contributed by atoms with van der Waals surface area (Å²) in [5.74, 6) is 1.01. The molecule has 3 aromatic rings. The summed E-state index contributed by atoms with van der Waals surface area (Å²) in [5.41, 5.74) is 4.53. The van der Waals surface area contributed by atoms with Crippen LogP contribution in [0.15, 0.2) is 58.4 Å². The lowest BCUT2D eigenvalue weighted by molar-refractivity contribution is 0.306. The second-order valence-corrected chi connectivity index (χ2v) is 5.87. The number of aromatic amines is 1. The van der Waals surface area contributed by atoms with Gasteiger partial charge < -0.3 is 4.74 Å². The first-order valence-electron chi connectivity index (χ1n) is 7.80. The van der Waals surface area contributed by atoms with Crippen molar-refractivity contribution >= 4 is 23.6 Å². The summed E-state index contributed by atoms with van der Waals surface area (Å²) in [4.78, 5) is 14.9. The molecule has 0 saturated heterocycles. The largest absolute Gasteiger partial charge is 0.489 e. The fourth-order valence-electron chi connectivity index (χ4n) is 2.14. The Morgan fingerprint density at radius 3 is 2.96 bits per heavy atom. The number of nitrogens with one attached hydrogen (secondary N) is 2. The van der Waals surface area contributed by atoms with Crippen molar-refractivity contribution in [3.8, 4) is 5.75 Å². The van der Waals surface area contributed by atoms with Crippen LogP contribution in [-0.2, 0) is 6.61 Å². The van der Waals surface area contributed by atoms with Gasteiger partial charge in [-0.15, -0.1) is 0 Å². The molecule has 0 saturated carbocycles. The molecule has 26 heavy (non-hydrogen) atoms. The Morgan fingerprint density at radius 1 is 1.27 bits per heavy atom. The number of nitrogens with zero attached hydrogens (tertiary/aromatic N) is 3. The minimum atomic E-state index is -0.537. The van der Waals surface area contributed by atoms with Gasteiger partial charge in [-0.3, -0.25) is 5.43 Å². The van der Waals surface area contributed by atoms with Crippen molar-refractivity contribution in [2.45, 2.75) is 13.5 Å². The van der Waals surface area contributed by atoms with Crippen molar-refractivity contribution in [1.29, 1.82) is 0 Å². The molecule has 0 atom stereocenters. The van der Waals surface area contributed by atoms with Gasteiger partial charge in [0.05, 0.1) is 6.21 Å². The maximum atomic E-state index is 11.2. The zero-order chi connectivity index (χ0) is 18.4. The van der Waals surface area contributed by atoms with Crippen molar-refractivity contribution < 1.29 is 4.74 Å². The fourth-order valence-corrected chi connectivity index (χ4v) is 2.36. The molecule has 1 heterocycles. The number of anilines is 1. The lowest BCUT2D eigenvalue weighted by atomic mass is 10.2. The molecule has 0 unspecified atom stereocenters. The van der Waals surface area contributed by atoms with Crippen LogP contribution in [0.2, 0.25) is 5.02 Å². The number of rotatable bonds is 6. The lowest BCUT2D eigenvalue weighted by Crippen LogP contribution is -2.15. The molecule has 2 aromatic carbocycles. The number of H-pyrrole nitrogens is 1. The fraction of sp³-hybridized carbons (Fsp3) is 0.111. The Kier molecular flexibility index (Phi) is 5.60. The molecule has 132 valence electrons. The Bertz CT molecular complexity index is 987. The summed E-state index contributed by atoms with van der Waals surface area (Å²) in [6.45, 7) is 2.13. The van der Waals surface area contributed by atoms with Crippen molar-refractivity contribution in [2.75, 3.05) is 5.43 Å². The SMILES string of the molecule is Cc1n[nH]c(=O)nc1N/N=C\c1cccc(OCc2cccc(Cl)c2)c1. The van der Waals surface area contributed by atoms with E-state index >= 15 is 0 Å². The van der Waals surface area contributed by atoms with E-state index in [9.17, 15) is 4.79 Å². The number of ether oxygens (including phenoxy) is 1. The number of halogens is 1. The maximum absolute atomic E-state index is 11.2. The zero-order valence-corrected chi connectivity index (χ0v) is 14.7. The average Bonchev–Trinajstić information content (AvgIpc) is 2.63. The third-order valence-electron chi connectivity index (χ3n) is 3.41. The van der Waals surface area contributed by atoms with E-state index < -0.39 is 5.69 Å². The van der Waals surface area contributed by atoms with Crippen molar-refractivity contribution in [3.05, 3.63) is 80.9 Å². The van der Waals surface area contributed by atoms with Gasteiger partial charge in [0, 0.05) is 5.02 Å². The molecule has 0 aliphatic rings. The first-order chi connectivity index (χ1) is 12.6. The standard InChI is InChI=1S/C18H16ClN5O2/c1-12-17(21-18(25)24-22-12)23-20-10-13-4-3-7-16(9-13)26-11-14-5-2-6-15(19)8-14/h2-10H,11H2,1H3,(H2,21,23,24,25)/b20-10-. The van der Waals surface area contributed by atoms with Crippen LogP contribution in [0.25, 0.3) is 0 Å². The van der Waals surface area contributed by atoms with E-state index in [1.807, 2.05) is 48.5 Å². The summed E-state index contributed by atoms with van der Waals surface area (Å²) in [5, 5.41) is 10.8. The highest BCUT2D eigenvalue weighted by Gasteiger charge is 2.01. The van der Waals surface area contributed by atoms with Crippen LogP contribution in [0.4, 0.5) is 5.82 Å². The third kappa shape index (κ3) is 4.90. The Balaban J connectivity index is 1.63. The van der Waals surface area contributed by atoms with Crippen LogP contribution in [0, 0.1) is 6.92 Å². The van der Waals surface area contributed by atoms with Gasteiger partial charge in [0.1, 0.15) is 18.1 Å². The number of aromatic nitrogens is 3. The van der Waals surface area contributed by atoms with Gasteiger partial charge in [0.25, 0.3) is 0 Å². The summed E-state index contributed by atoms with van der Waals surface area (Å²) < 4.78 is 5.78. The van der Waals surface area contributed by atoms with Crippen LogP contribution >= 0.6 is 11.6 Å². The normalized spacial score (nSPS) is 10.8. The number of hydrogen-bond donors (Lipinski definition) is 2. The Labute approximate surface area is 154 Å². The quantitative estimate of drug-likeness (QED) is 0.514. The molecule has 0 bridgehead atoms. The maximum Gasteiger partial charge on any atom is 0.363 e. The van der Waals surface area contributed by atoms with Crippen LogP contribution in [0.1, 0.15) is 16.8 Å². The van der Waals surface area contributed by atoms with E-state index in [4.69, 9.17) is 16.3 Å². The molecular formula is C18H16ClN5O2. The molecular weight excluding hydrogens is 354 g/mol. The van der Waals surface area contributed by atoms with E-state index in [0.29, 0.717) is 28.9 Å². The number of benzene rings is 2. The van der Waals surface area contributed by atoms with Gasteiger partial charge in [-0.1, -0.05) is 35.9 Å². The van der Waals surface area contributed by atoms with Crippen LogP contribution < -0.4 is 15.9 Å². The molecule has 0 radical (unpaired) electrons. The molecule has 0 aliphatic heterocycles. The molecule has 3 rings (SSSR count). The molecule has 1 aromatic heterocycles. The van der Waals surface area contributed by atoms with E-state index in [-0.39, 0.29) is 0 Å². The predicted molar refractivity (Wildman–Crippen MR) is 101 cm³/mol. The third-order valence-corrected chi connectivity index (χ3v) is 3.65. The summed E-state index contributed by atoms with van der Waals surface area (Å²) >= 11 is 5.97. The van der Waals surface area contributed by atoms with Gasteiger partial charge in [-0.05, 0) is 42.3 Å². The number of aryl methyl sites for hydroxylation is 1. The molecule has 0 fully saturated rings. The van der Waals surface area contributed by atoms with Crippen LogP contribution in [-0.4, -0.2) is 21.4 Å². The topological polar surface area (TPSA) is 92.3 Å². The van der Waals surface area contributed by atoms with Gasteiger partial charge >= 0.3 is 5.69 Å². The zero-order valence-electron chi connectivity index (χ0n) is 13.9. The van der Waals surface area contributed by atoms with Crippen molar-refractivity contribution in [2.24, 2.45) is 5.10 Å². The molecule has 0 aliphatic carbocycles. The van der Waals surface area contributed by atoms with Gasteiger partial charge in [-0.2, -0.15) is 15.2 Å². The van der Waals surface area contributed by atoms with E-state index in [2.05, 4.69) is 25.7 Å². The summed E-state index contributed by atoms with van der Waals surface area (Å²) in [7, 11) is 0. The van der Waals surface area contributed by atoms with Crippen molar-refractivity contribution in [1.82, 2.24) is 15.2 Å². The predicted octanol–water partition coefficient (Wildman–Crippen LogP) is 3.15. The first-order valence-corrected chi connectivity index (χ1v) is 8.18. The van der Waals surface area contributed by atoms with Crippen LogP contribution in [0.3, 0.4) is 0 Å². The summed E-state index contributed by atoms with van der Waals surface area (Å²) in [6, 6.07) is 15.0. The minimum Gasteiger partial charge on any atom is -0.489 e.